The second-order valence-electron chi connectivity index (χ2n) is 5.64. The Morgan fingerprint density at radius 3 is 2.67 bits per heavy atom. The van der Waals surface area contributed by atoms with Crippen molar-refractivity contribution in [3.8, 4) is 11.3 Å². The lowest BCUT2D eigenvalue weighted by Crippen LogP contribution is -2.00. The third kappa shape index (κ3) is 2.22. The molecule has 0 fully saturated rings. The van der Waals surface area contributed by atoms with Gasteiger partial charge in [0.1, 0.15) is 11.5 Å². The lowest BCUT2D eigenvalue weighted by Gasteiger charge is -2.08. The minimum atomic E-state index is -0.990. The molecule has 24 heavy (non-hydrogen) atoms. The van der Waals surface area contributed by atoms with Gasteiger partial charge in [0.2, 0.25) is 0 Å². The molecule has 2 N–H and O–H groups in total. The van der Waals surface area contributed by atoms with Crippen molar-refractivity contribution in [3.63, 3.8) is 0 Å². The van der Waals surface area contributed by atoms with Crippen LogP contribution in [-0.2, 0) is 6.42 Å². The first-order chi connectivity index (χ1) is 11.7. The molecule has 4 aromatic rings. The van der Waals surface area contributed by atoms with E-state index in [1.807, 2.05) is 49.4 Å². The largest absolute Gasteiger partial charge is 0.478 e. The first-order valence-corrected chi connectivity index (χ1v) is 7.78. The quantitative estimate of drug-likeness (QED) is 0.598. The summed E-state index contributed by atoms with van der Waals surface area (Å²) < 4.78 is 0. The smallest absolute Gasteiger partial charge is 0.338 e. The number of carboxylic acid groups (broad SMARTS) is 1. The van der Waals surface area contributed by atoms with Crippen LogP contribution in [0.2, 0.25) is 0 Å². The summed E-state index contributed by atoms with van der Waals surface area (Å²) in [6.45, 7) is 1.98. The molecule has 2 aromatic heterocycles. The van der Waals surface area contributed by atoms with Crippen LogP contribution in [0, 0.1) is 0 Å². The molecular formula is C19H15N3O2. The van der Waals surface area contributed by atoms with Gasteiger partial charge in [0.05, 0.1) is 16.6 Å². The predicted octanol–water partition coefficient (Wildman–Crippen LogP) is 4.04. The molecule has 5 nitrogen and oxygen atoms in total. The summed E-state index contributed by atoms with van der Waals surface area (Å²) in [5.74, 6) is -0.305. The number of hydrogen-bond acceptors (Lipinski definition) is 3. The lowest BCUT2D eigenvalue weighted by molar-refractivity contribution is 0.0699. The molecule has 0 aliphatic rings. The number of nitrogens with one attached hydrogen (secondary N) is 1. The van der Waals surface area contributed by atoms with Gasteiger partial charge in [-0.2, -0.15) is 0 Å². The molecule has 0 saturated heterocycles. The summed E-state index contributed by atoms with van der Waals surface area (Å²) in [7, 11) is 0. The Morgan fingerprint density at radius 1 is 1.12 bits per heavy atom. The number of H-pyrrole nitrogens is 1. The van der Waals surface area contributed by atoms with Crippen LogP contribution in [0.5, 0.6) is 0 Å². The van der Waals surface area contributed by atoms with E-state index in [9.17, 15) is 9.90 Å². The van der Waals surface area contributed by atoms with Crippen molar-refractivity contribution in [2.24, 2.45) is 0 Å². The highest BCUT2D eigenvalue weighted by atomic mass is 16.4. The van der Waals surface area contributed by atoms with Crippen LogP contribution >= 0.6 is 0 Å². The number of aromatic amines is 1. The van der Waals surface area contributed by atoms with Crippen molar-refractivity contribution in [1.29, 1.82) is 0 Å². The van der Waals surface area contributed by atoms with Crippen molar-refractivity contribution in [2.75, 3.05) is 0 Å². The normalized spacial score (nSPS) is 11.2. The fourth-order valence-corrected chi connectivity index (χ4v) is 2.95. The van der Waals surface area contributed by atoms with Gasteiger partial charge in [0.15, 0.2) is 0 Å². The van der Waals surface area contributed by atoms with E-state index in [1.165, 1.54) is 6.20 Å². The maximum Gasteiger partial charge on any atom is 0.338 e. The van der Waals surface area contributed by atoms with Gasteiger partial charge >= 0.3 is 5.97 Å². The molecule has 0 atom stereocenters. The van der Waals surface area contributed by atoms with Gasteiger partial charge in [0, 0.05) is 18.2 Å². The topological polar surface area (TPSA) is 78.9 Å². The lowest BCUT2D eigenvalue weighted by atomic mass is 10.0. The number of fused-ring (bicyclic) bond motifs is 2. The Labute approximate surface area is 138 Å². The second kappa shape index (κ2) is 5.45. The van der Waals surface area contributed by atoms with Gasteiger partial charge in [-0.05, 0) is 16.8 Å². The van der Waals surface area contributed by atoms with E-state index in [-0.39, 0.29) is 5.56 Å². The number of carboxylic acids is 1. The standard InChI is InChI=1S/C19H15N3O2/c1-2-15-21-17(16-14(19(23)24)10-20-18(16)22-15)13-8-7-11-5-3-4-6-12(11)9-13/h3-10H,2H2,1H3,(H,23,24)(H,20,21,22). The number of aryl methyl sites for hydroxylation is 1. The number of aromatic nitrogens is 3. The van der Waals surface area contributed by atoms with Gasteiger partial charge < -0.3 is 10.1 Å². The molecule has 0 bridgehead atoms. The van der Waals surface area contributed by atoms with E-state index in [4.69, 9.17) is 0 Å². The average molecular weight is 317 g/mol. The summed E-state index contributed by atoms with van der Waals surface area (Å²) in [5, 5.41) is 12.2. The molecule has 2 heterocycles. The van der Waals surface area contributed by atoms with E-state index in [0.29, 0.717) is 29.0 Å². The molecule has 0 aliphatic carbocycles. The Balaban J connectivity index is 2.05. The first kappa shape index (κ1) is 14.4. The zero-order valence-corrected chi connectivity index (χ0v) is 13.1. The summed E-state index contributed by atoms with van der Waals surface area (Å²) in [4.78, 5) is 23.5. The molecule has 0 unspecified atom stereocenters. The van der Waals surface area contributed by atoms with Crippen molar-refractivity contribution < 1.29 is 9.90 Å². The zero-order chi connectivity index (χ0) is 16.7. The minimum absolute atomic E-state index is 0.191. The molecule has 0 aliphatic heterocycles. The molecule has 2 aromatic carbocycles. The number of hydrogen-bond donors (Lipinski definition) is 2. The highest BCUT2D eigenvalue weighted by Crippen LogP contribution is 2.31. The second-order valence-corrected chi connectivity index (χ2v) is 5.64. The van der Waals surface area contributed by atoms with Crippen molar-refractivity contribution in [1.82, 2.24) is 15.0 Å². The van der Waals surface area contributed by atoms with Crippen molar-refractivity contribution in [3.05, 3.63) is 60.0 Å². The Morgan fingerprint density at radius 2 is 1.92 bits per heavy atom. The third-order valence-electron chi connectivity index (χ3n) is 4.15. The van der Waals surface area contributed by atoms with E-state index in [1.54, 1.807) is 0 Å². The monoisotopic (exact) mass is 317 g/mol. The van der Waals surface area contributed by atoms with Crippen LogP contribution in [0.1, 0.15) is 23.1 Å². The van der Waals surface area contributed by atoms with Gasteiger partial charge in [-0.1, -0.05) is 43.3 Å². The first-order valence-electron chi connectivity index (χ1n) is 7.78. The Hall–Kier alpha value is -3.21. The van der Waals surface area contributed by atoms with Crippen LogP contribution in [-0.4, -0.2) is 26.0 Å². The van der Waals surface area contributed by atoms with Gasteiger partial charge in [0.25, 0.3) is 0 Å². The number of aromatic carboxylic acids is 1. The number of nitrogens with zero attached hydrogens (tertiary/aromatic N) is 2. The van der Waals surface area contributed by atoms with Gasteiger partial charge in [-0.25, -0.2) is 14.8 Å². The molecule has 0 radical (unpaired) electrons. The number of rotatable bonds is 3. The van der Waals surface area contributed by atoms with Crippen LogP contribution in [0.15, 0.2) is 48.7 Å². The van der Waals surface area contributed by atoms with Gasteiger partial charge in [-0.15, -0.1) is 0 Å². The minimum Gasteiger partial charge on any atom is -0.478 e. The maximum absolute atomic E-state index is 11.6. The highest BCUT2D eigenvalue weighted by Gasteiger charge is 2.18. The van der Waals surface area contributed by atoms with Crippen molar-refractivity contribution in [2.45, 2.75) is 13.3 Å². The fourth-order valence-electron chi connectivity index (χ4n) is 2.95. The molecule has 0 saturated carbocycles. The van der Waals surface area contributed by atoms with Crippen LogP contribution < -0.4 is 0 Å². The Kier molecular flexibility index (Phi) is 3.27. The third-order valence-corrected chi connectivity index (χ3v) is 4.15. The summed E-state index contributed by atoms with van der Waals surface area (Å²) in [6, 6.07) is 14.1. The van der Waals surface area contributed by atoms with Crippen LogP contribution in [0.25, 0.3) is 33.1 Å². The zero-order valence-electron chi connectivity index (χ0n) is 13.1. The Bertz CT molecular complexity index is 1080. The number of carbonyl (C=O) groups is 1. The number of benzene rings is 2. The van der Waals surface area contributed by atoms with Gasteiger partial charge in [-0.3, -0.25) is 0 Å². The van der Waals surface area contributed by atoms with Crippen LogP contribution in [0.4, 0.5) is 0 Å². The highest BCUT2D eigenvalue weighted by molar-refractivity contribution is 6.08. The fraction of sp³-hybridized carbons (Fsp3) is 0.105. The summed E-state index contributed by atoms with van der Waals surface area (Å²) in [6.07, 6.45) is 2.16. The molecule has 0 amide bonds. The van der Waals surface area contributed by atoms with E-state index < -0.39 is 5.97 Å². The summed E-state index contributed by atoms with van der Waals surface area (Å²) in [5.41, 5.74) is 2.29. The van der Waals surface area contributed by atoms with E-state index >= 15 is 0 Å². The average Bonchev–Trinajstić information content (AvgIpc) is 3.04. The van der Waals surface area contributed by atoms with Crippen molar-refractivity contribution >= 4 is 27.8 Å². The molecular weight excluding hydrogens is 302 g/mol. The molecule has 4 rings (SSSR count). The van der Waals surface area contributed by atoms with E-state index in [2.05, 4.69) is 15.0 Å². The van der Waals surface area contributed by atoms with E-state index in [0.717, 1.165) is 16.3 Å². The summed E-state index contributed by atoms with van der Waals surface area (Å²) >= 11 is 0. The SMILES string of the molecule is CCc1nc(-c2ccc3ccccc3c2)c2c(C(=O)O)c[nH]c2n1. The molecule has 118 valence electrons. The molecule has 5 heteroatoms. The predicted molar refractivity (Wildman–Crippen MR) is 93.2 cm³/mol. The maximum atomic E-state index is 11.6. The molecule has 0 spiro atoms. The van der Waals surface area contributed by atoms with Crippen LogP contribution in [0.3, 0.4) is 0 Å².